The van der Waals surface area contributed by atoms with Crippen LogP contribution < -0.4 is 74.6 Å². The van der Waals surface area contributed by atoms with E-state index >= 15 is 0 Å². The topological polar surface area (TPSA) is 276 Å². The number of rotatable bonds is 8. The standard InChI is InChI=1S/C11H18N5O12P3.2Na/c12-9-6-10(14-2-13-9)16(3-15-6)11-8(18)7(17)5(27-11)1-26-31(24,25)28-30(22,23)4-29(19,20)21;;/h2-3,5,7-8,11,17-18H,1,4H2,(H,22,23)(H,24,25)(H2,12,13,14)(H2,19,20,21);;/q;2*+1/p-2/t5-,7-,8-,11-;;/m1../s1. The molecule has 0 aromatic carbocycles. The molecule has 17 nitrogen and oxygen atoms in total. The third-order valence-electron chi connectivity index (χ3n) is 3.98. The Morgan fingerprint density at radius 2 is 1.76 bits per heavy atom. The van der Waals surface area contributed by atoms with Crippen LogP contribution in [0.3, 0.4) is 0 Å². The van der Waals surface area contributed by atoms with Crippen molar-refractivity contribution in [2.75, 3.05) is 18.2 Å². The van der Waals surface area contributed by atoms with Gasteiger partial charge in [0.05, 0.1) is 12.9 Å². The van der Waals surface area contributed by atoms with Crippen molar-refractivity contribution < 1.29 is 116 Å². The van der Waals surface area contributed by atoms with E-state index in [1.807, 2.05) is 0 Å². The Balaban J connectivity index is 0.00000272. The summed E-state index contributed by atoms with van der Waals surface area (Å²) in [7, 11) is -16.3. The number of imidazole rings is 1. The van der Waals surface area contributed by atoms with Crippen LogP contribution in [-0.2, 0) is 27.3 Å². The van der Waals surface area contributed by atoms with Gasteiger partial charge < -0.3 is 49.3 Å². The van der Waals surface area contributed by atoms with E-state index in [2.05, 4.69) is 23.8 Å². The summed E-state index contributed by atoms with van der Waals surface area (Å²) >= 11 is 0. The number of aromatic nitrogens is 4. The van der Waals surface area contributed by atoms with E-state index in [0.29, 0.717) is 0 Å². The molecule has 0 amide bonds. The molecule has 3 rings (SSSR count). The molecule has 1 aliphatic heterocycles. The molecule has 6 atom stereocenters. The number of aliphatic hydroxyl groups excluding tert-OH is 2. The summed E-state index contributed by atoms with van der Waals surface area (Å²) in [5.41, 5.74) is 5.99. The molecule has 3 heterocycles. The molecule has 2 aromatic rings. The number of phosphoric acid groups is 1. The Labute approximate surface area is 229 Å². The van der Waals surface area contributed by atoms with Crippen LogP contribution in [0.5, 0.6) is 0 Å². The number of ether oxygens (including phenoxy) is 1. The van der Waals surface area contributed by atoms with Crippen LogP contribution in [-0.4, -0.2) is 70.3 Å². The summed E-state index contributed by atoms with van der Waals surface area (Å²) in [6, 6.07) is 0. The van der Waals surface area contributed by atoms with Crippen LogP contribution in [0.15, 0.2) is 12.7 Å². The first-order valence-corrected chi connectivity index (χ1v) is 13.1. The Morgan fingerprint density at radius 1 is 1.12 bits per heavy atom. The minimum absolute atomic E-state index is 0. The van der Waals surface area contributed by atoms with Gasteiger partial charge in [0.1, 0.15) is 36.1 Å². The summed E-state index contributed by atoms with van der Waals surface area (Å²) in [5, 5.41) is 20.4. The average molecular weight is 549 g/mol. The summed E-state index contributed by atoms with van der Waals surface area (Å²) < 4.78 is 48.6. The number of aliphatic hydroxyl groups is 2. The van der Waals surface area contributed by atoms with E-state index in [9.17, 15) is 33.7 Å². The maximum atomic E-state index is 11.7. The van der Waals surface area contributed by atoms with Crippen molar-refractivity contribution in [1.82, 2.24) is 19.5 Å². The van der Waals surface area contributed by atoms with Gasteiger partial charge in [0.15, 0.2) is 25.3 Å². The smallest absolute Gasteiger partial charge is 0.778 e. The Kier molecular flexibility index (Phi) is 11.4. The van der Waals surface area contributed by atoms with Crippen LogP contribution in [0.2, 0.25) is 0 Å². The molecule has 6 N–H and O–H groups in total. The third kappa shape index (κ3) is 8.09. The van der Waals surface area contributed by atoms with E-state index in [4.69, 9.17) is 20.3 Å². The maximum absolute atomic E-state index is 11.7. The van der Waals surface area contributed by atoms with Crippen molar-refractivity contribution in [3.05, 3.63) is 12.7 Å². The van der Waals surface area contributed by atoms with Crippen molar-refractivity contribution >= 4 is 40.0 Å². The van der Waals surface area contributed by atoms with Gasteiger partial charge in [-0.2, -0.15) is 0 Å². The van der Waals surface area contributed by atoms with Crippen LogP contribution in [0.25, 0.3) is 11.2 Å². The normalized spacial score (nSPS) is 26.7. The molecule has 0 aliphatic carbocycles. The number of nitrogens with two attached hydrogens (primary N) is 1. The molecule has 2 unspecified atom stereocenters. The monoisotopic (exact) mass is 549 g/mol. The largest absolute Gasteiger partial charge is 1.00 e. The first-order valence-electron chi connectivity index (χ1n) is 8.15. The Bertz CT molecular complexity index is 1120. The molecule has 0 spiro atoms. The van der Waals surface area contributed by atoms with E-state index in [1.54, 1.807) is 0 Å². The Morgan fingerprint density at radius 3 is 2.36 bits per heavy atom. The fourth-order valence-electron chi connectivity index (χ4n) is 2.75. The van der Waals surface area contributed by atoms with Gasteiger partial charge in [-0.3, -0.25) is 18.0 Å². The second-order valence-corrected chi connectivity index (χ2v) is 11.9. The minimum Gasteiger partial charge on any atom is -0.778 e. The molecule has 33 heavy (non-hydrogen) atoms. The summed E-state index contributed by atoms with van der Waals surface area (Å²) in [4.78, 5) is 52.1. The zero-order valence-electron chi connectivity index (χ0n) is 17.1. The third-order valence-corrected chi connectivity index (χ3v) is 9.10. The van der Waals surface area contributed by atoms with E-state index in [0.717, 1.165) is 6.33 Å². The average Bonchev–Trinajstić information content (AvgIpc) is 3.13. The molecule has 0 bridgehead atoms. The van der Waals surface area contributed by atoms with E-state index < -0.39 is 60.1 Å². The Hall–Kier alpha value is 0.680. The zero-order valence-corrected chi connectivity index (χ0v) is 23.8. The fourth-order valence-corrected chi connectivity index (χ4v) is 6.96. The van der Waals surface area contributed by atoms with Crippen LogP contribution in [0.1, 0.15) is 6.23 Å². The van der Waals surface area contributed by atoms with E-state index in [1.165, 1.54) is 10.9 Å². The minimum atomic E-state index is -5.62. The van der Waals surface area contributed by atoms with Crippen molar-refractivity contribution in [2.45, 2.75) is 24.5 Å². The number of phosphoric ester groups is 1. The van der Waals surface area contributed by atoms with Crippen molar-refractivity contribution in [2.24, 2.45) is 0 Å². The molecule has 2 aromatic heterocycles. The number of fused-ring (bicyclic) bond motifs is 1. The number of nitrogens with zero attached hydrogens (tertiary/aromatic N) is 4. The molecular weight excluding hydrogens is 533 g/mol. The summed E-state index contributed by atoms with van der Waals surface area (Å²) in [6.07, 6.45) is -3.75. The SMILES string of the molecule is Nc1ncnc2c1ncn2[C@@H]1O[C@H](COP(=O)([O-])OP(=O)([O-])CP(=O)(O)O)[C@@H](O)[C@H]1O.[Na+].[Na+]. The van der Waals surface area contributed by atoms with Gasteiger partial charge in [-0.1, -0.05) is 0 Å². The van der Waals surface area contributed by atoms with Gasteiger partial charge in [0.2, 0.25) is 0 Å². The van der Waals surface area contributed by atoms with Crippen LogP contribution >= 0.6 is 23.0 Å². The van der Waals surface area contributed by atoms with Crippen molar-refractivity contribution in [3.8, 4) is 0 Å². The predicted molar refractivity (Wildman–Crippen MR) is 94.8 cm³/mol. The van der Waals surface area contributed by atoms with Crippen molar-refractivity contribution in [1.29, 1.82) is 0 Å². The molecule has 0 radical (unpaired) electrons. The van der Waals surface area contributed by atoms with Crippen molar-refractivity contribution in [3.63, 3.8) is 0 Å². The quantitative estimate of drug-likeness (QED) is 0.151. The molecule has 1 aliphatic rings. The van der Waals surface area contributed by atoms with Gasteiger partial charge in [-0.05, 0) is 0 Å². The first-order chi connectivity index (χ1) is 14.2. The van der Waals surface area contributed by atoms with Crippen LogP contribution in [0.4, 0.5) is 5.82 Å². The van der Waals surface area contributed by atoms with E-state index in [-0.39, 0.29) is 76.1 Å². The summed E-state index contributed by atoms with van der Waals surface area (Å²) in [6.45, 7) is -0.991. The number of hydrogen-bond acceptors (Lipinski definition) is 14. The molecule has 1 fully saturated rings. The number of anilines is 1. The second kappa shape index (κ2) is 11.8. The molecule has 174 valence electrons. The number of hydrogen-bond donors (Lipinski definition) is 5. The second-order valence-electron chi connectivity index (χ2n) is 6.37. The molecule has 1 saturated heterocycles. The van der Waals surface area contributed by atoms with Gasteiger partial charge in [-0.25, -0.2) is 15.0 Å². The number of nitrogen functional groups attached to an aromatic ring is 1. The zero-order chi connectivity index (χ0) is 23.2. The molecule has 22 heteroatoms. The molecular formula is C11H16N5Na2O12P3. The van der Waals surface area contributed by atoms with Crippen LogP contribution in [0, 0.1) is 0 Å². The van der Waals surface area contributed by atoms with Gasteiger partial charge in [0, 0.05) is 0 Å². The predicted octanol–water partition coefficient (Wildman–Crippen LogP) is -8.77. The fraction of sp³-hybridized carbons (Fsp3) is 0.545. The maximum Gasteiger partial charge on any atom is 1.00 e. The summed E-state index contributed by atoms with van der Waals surface area (Å²) in [5.74, 6) is -1.82. The first kappa shape index (κ1) is 31.7. The van der Waals surface area contributed by atoms with Gasteiger partial charge in [-0.15, -0.1) is 0 Å². The molecule has 0 saturated carbocycles. The van der Waals surface area contributed by atoms with Gasteiger partial charge >= 0.3 is 66.7 Å². The van der Waals surface area contributed by atoms with Gasteiger partial charge in [0.25, 0.3) is 7.82 Å².